The first-order chi connectivity index (χ1) is 8.70. The van der Waals surface area contributed by atoms with Crippen LogP contribution in [0, 0.1) is 0 Å². The molecule has 1 amide bonds. The number of halogens is 4. The molecule has 0 aliphatic rings. The summed E-state index contributed by atoms with van der Waals surface area (Å²) in [5, 5.41) is -0.480. The molecule has 104 valence electrons. The molecular weight excluding hydrogens is 334 g/mol. The van der Waals surface area contributed by atoms with Crippen molar-refractivity contribution in [2.75, 3.05) is 19.0 Å². The van der Waals surface area contributed by atoms with E-state index in [0.29, 0.717) is 5.75 Å². The maximum Gasteiger partial charge on any atom is 0.440 e. The molecule has 0 saturated heterocycles. The molecule has 19 heavy (non-hydrogen) atoms. The highest BCUT2D eigenvalue weighted by Gasteiger charge is 2.27. The van der Waals surface area contributed by atoms with E-state index in [0.717, 1.165) is 5.69 Å². The molecule has 0 bridgehead atoms. The number of aliphatic imine (C=N–C) groups is 1. The molecule has 0 spiro atoms. The number of hydrogen-bond acceptors (Lipinski definition) is 3. The molecule has 0 aromatic heterocycles. The number of alkyl halides is 3. The first-order valence-corrected chi connectivity index (χ1v) is 6.52. The van der Waals surface area contributed by atoms with Crippen LogP contribution in [-0.2, 0) is 0 Å². The lowest BCUT2D eigenvalue weighted by molar-refractivity contribution is 0.211. The first-order valence-electron chi connectivity index (χ1n) is 5.00. The van der Waals surface area contributed by atoms with Gasteiger partial charge in [0.2, 0.25) is 3.79 Å². The van der Waals surface area contributed by atoms with E-state index in [1.165, 1.54) is 0 Å². The lowest BCUT2D eigenvalue weighted by atomic mass is 10.3. The van der Waals surface area contributed by atoms with Gasteiger partial charge < -0.3 is 9.64 Å². The van der Waals surface area contributed by atoms with Gasteiger partial charge in [0.25, 0.3) is 0 Å². The predicted molar refractivity (Wildman–Crippen MR) is 80.4 cm³/mol. The van der Waals surface area contributed by atoms with Gasteiger partial charge in [-0.3, -0.25) is 0 Å². The summed E-state index contributed by atoms with van der Waals surface area (Å²) >= 11 is 21.9. The van der Waals surface area contributed by atoms with E-state index in [9.17, 15) is 4.79 Å². The van der Waals surface area contributed by atoms with Crippen molar-refractivity contribution in [2.45, 2.75) is 3.79 Å². The molecule has 0 unspecified atom stereocenters. The lowest BCUT2D eigenvalue weighted by Crippen LogP contribution is -2.16. The van der Waals surface area contributed by atoms with E-state index in [1.807, 2.05) is 25.1 Å². The van der Waals surface area contributed by atoms with Crippen molar-refractivity contribution < 1.29 is 9.53 Å². The highest BCUT2D eigenvalue weighted by atomic mass is 35.6. The SMILES string of the molecule is CN(C)c1cccc(OC(=O)N=C(Cl)C(Cl)(Cl)Cl)c1. The van der Waals surface area contributed by atoms with Gasteiger partial charge in [-0.05, 0) is 12.1 Å². The van der Waals surface area contributed by atoms with Crippen molar-refractivity contribution in [1.82, 2.24) is 0 Å². The molecule has 0 atom stereocenters. The van der Waals surface area contributed by atoms with E-state index in [1.54, 1.807) is 18.2 Å². The van der Waals surface area contributed by atoms with Crippen LogP contribution in [0.5, 0.6) is 5.75 Å². The molecule has 0 aliphatic carbocycles. The van der Waals surface area contributed by atoms with Crippen molar-refractivity contribution >= 4 is 63.4 Å². The summed E-state index contributed by atoms with van der Waals surface area (Å²) in [6.07, 6.45) is -0.966. The van der Waals surface area contributed by atoms with Crippen LogP contribution in [0.3, 0.4) is 0 Å². The van der Waals surface area contributed by atoms with Gasteiger partial charge in [-0.1, -0.05) is 52.5 Å². The smallest absolute Gasteiger partial charge is 0.409 e. The maximum atomic E-state index is 11.5. The summed E-state index contributed by atoms with van der Waals surface area (Å²) in [7, 11) is 3.72. The number of hydrogen-bond donors (Lipinski definition) is 0. The maximum absolute atomic E-state index is 11.5. The lowest BCUT2D eigenvalue weighted by Gasteiger charge is -2.13. The van der Waals surface area contributed by atoms with Crippen LogP contribution in [0.1, 0.15) is 0 Å². The number of nitrogens with zero attached hydrogens (tertiary/aromatic N) is 2. The summed E-state index contributed by atoms with van der Waals surface area (Å²) in [5.41, 5.74) is 0.863. The molecule has 1 aromatic carbocycles. The monoisotopic (exact) mass is 342 g/mol. The number of carbonyl (C=O) groups is 1. The van der Waals surface area contributed by atoms with Crippen molar-refractivity contribution in [1.29, 1.82) is 0 Å². The molecule has 0 aliphatic heterocycles. The largest absolute Gasteiger partial charge is 0.440 e. The molecular formula is C11H10Cl4N2O2. The quantitative estimate of drug-likeness (QED) is 0.595. The fourth-order valence-corrected chi connectivity index (χ4v) is 1.29. The van der Waals surface area contributed by atoms with E-state index in [2.05, 4.69) is 4.99 Å². The van der Waals surface area contributed by atoms with Crippen LogP contribution in [0.2, 0.25) is 0 Å². The Hall–Kier alpha value is -0.680. The van der Waals surface area contributed by atoms with Crippen LogP contribution < -0.4 is 9.64 Å². The molecule has 1 rings (SSSR count). The third-order valence-corrected chi connectivity index (χ3v) is 3.16. The molecule has 1 aromatic rings. The van der Waals surface area contributed by atoms with Crippen molar-refractivity contribution in [3.63, 3.8) is 0 Å². The molecule has 0 radical (unpaired) electrons. The summed E-state index contributed by atoms with van der Waals surface area (Å²) in [4.78, 5) is 16.7. The molecule has 0 N–H and O–H groups in total. The van der Waals surface area contributed by atoms with Gasteiger partial charge in [0.1, 0.15) is 5.75 Å². The Morgan fingerprint density at radius 1 is 1.32 bits per heavy atom. The zero-order valence-electron chi connectivity index (χ0n) is 10.0. The third-order valence-electron chi connectivity index (χ3n) is 1.96. The van der Waals surface area contributed by atoms with Gasteiger partial charge in [0.15, 0.2) is 5.17 Å². The van der Waals surface area contributed by atoms with Crippen LogP contribution >= 0.6 is 46.4 Å². The van der Waals surface area contributed by atoms with Gasteiger partial charge in [-0.15, -0.1) is 0 Å². The van der Waals surface area contributed by atoms with E-state index < -0.39 is 15.1 Å². The number of amides is 1. The molecule has 4 nitrogen and oxygen atoms in total. The zero-order chi connectivity index (χ0) is 14.6. The standard InChI is InChI=1S/C11H10Cl4N2O2/c1-17(2)7-4-3-5-8(6-7)19-10(18)16-9(12)11(13,14)15/h3-6H,1-2H3. The molecule has 0 saturated carbocycles. The summed E-state index contributed by atoms with van der Waals surface area (Å²) in [5.74, 6) is 0.314. The second kappa shape index (κ2) is 6.66. The minimum absolute atomic E-state index is 0.314. The van der Waals surface area contributed by atoms with E-state index >= 15 is 0 Å². The van der Waals surface area contributed by atoms with Gasteiger partial charge in [-0.25, -0.2) is 4.79 Å². The topological polar surface area (TPSA) is 41.9 Å². The fraction of sp³-hybridized carbons (Fsp3) is 0.273. The Balaban J connectivity index is 2.81. The van der Waals surface area contributed by atoms with Gasteiger partial charge in [0, 0.05) is 25.8 Å². The van der Waals surface area contributed by atoms with Gasteiger partial charge >= 0.3 is 6.09 Å². The second-order valence-electron chi connectivity index (χ2n) is 3.66. The number of ether oxygens (including phenoxy) is 1. The Bertz CT molecular complexity index is 498. The Labute approximate surface area is 130 Å². The fourth-order valence-electron chi connectivity index (χ4n) is 1.09. The summed E-state index contributed by atoms with van der Waals surface area (Å²) in [6.45, 7) is 0. The number of carbonyl (C=O) groups excluding carboxylic acids is 1. The van der Waals surface area contributed by atoms with Crippen LogP contribution in [0.15, 0.2) is 29.3 Å². The van der Waals surface area contributed by atoms with Crippen molar-refractivity contribution in [3.05, 3.63) is 24.3 Å². The van der Waals surface area contributed by atoms with Gasteiger partial charge in [-0.2, -0.15) is 4.99 Å². The van der Waals surface area contributed by atoms with Gasteiger partial charge in [0.05, 0.1) is 0 Å². The normalized spacial score (nSPS) is 12.2. The second-order valence-corrected chi connectivity index (χ2v) is 6.30. The Morgan fingerprint density at radius 2 is 1.95 bits per heavy atom. The molecule has 0 fully saturated rings. The highest BCUT2D eigenvalue weighted by Crippen LogP contribution is 2.30. The predicted octanol–water partition coefficient (Wildman–Crippen LogP) is 4.26. The van der Waals surface area contributed by atoms with Crippen LogP contribution in [0.4, 0.5) is 10.5 Å². The first kappa shape index (κ1) is 16.4. The zero-order valence-corrected chi connectivity index (χ0v) is 13.1. The van der Waals surface area contributed by atoms with E-state index in [-0.39, 0.29) is 0 Å². The average Bonchev–Trinajstić information content (AvgIpc) is 2.27. The van der Waals surface area contributed by atoms with Crippen molar-refractivity contribution in [3.8, 4) is 5.75 Å². The molecule has 0 heterocycles. The minimum Gasteiger partial charge on any atom is -0.409 e. The number of rotatable bonds is 2. The minimum atomic E-state index is -1.95. The third kappa shape index (κ3) is 5.45. The summed E-state index contributed by atoms with van der Waals surface area (Å²) in [6, 6.07) is 6.85. The number of anilines is 1. The average molecular weight is 344 g/mol. The van der Waals surface area contributed by atoms with E-state index in [4.69, 9.17) is 51.1 Å². The summed E-state index contributed by atoms with van der Waals surface area (Å²) < 4.78 is 3.01. The molecule has 8 heteroatoms. The number of benzene rings is 1. The Kier molecular flexibility index (Phi) is 5.74. The van der Waals surface area contributed by atoms with Crippen LogP contribution in [-0.4, -0.2) is 29.2 Å². The Morgan fingerprint density at radius 3 is 2.47 bits per heavy atom. The van der Waals surface area contributed by atoms with Crippen molar-refractivity contribution in [2.24, 2.45) is 4.99 Å². The van der Waals surface area contributed by atoms with Crippen LogP contribution in [0.25, 0.3) is 0 Å². The highest BCUT2D eigenvalue weighted by molar-refractivity contribution is 6.89.